The third kappa shape index (κ3) is 4.88. The van der Waals surface area contributed by atoms with E-state index in [1.54, 1.807) is 6.33 Å². The molecule has 0 spiro atoms. The van der Waals surface area contributed by atoms with E-state index in [4.69, 9.17) is 0 Å². The molecule has 0 amide bonds. The molecule has 84 valence electrons. The maximum absolute atomic E-state index is 4.02. The van der Waals surface area contributed by atoms with Crippen LogP contribution in [0, 0.1) is 0 Å². The summed E-state index contributed by atoms with van der Waals surface area (Å²) in [6.07, 6.45) is 10.0. The zero-order chi connectivity index (χ0) is 10.9. The second-order valence-corrected chi connectivity index (χ2v) is 3.84. The van der Waals surface area contributed by atoms with Gasteiger partial charge in [-0.1, -0.05) is 13.8 Å². The molecule has 1 N–H and O–H groups in total. The standard InChI is InChI=1S/C12H21N3/c1-3-7-15-12(4-2)6-5-11-8-13-10-14-9-11/h8-10,12,15H,3-7H2,1-2H3. The summed E-state index contributed by atoms with van der Waals surface area (Å²) in [5.74, 6) is 0. The Kier molecular flexibility index (Phi) is 5.93. The van der Waals surface area contributed by atoms with Gasteiger partial charge in [0.1, 0.15) is 6.33 Å². The first-order chi connectivity index (χ1) is 7.36. The quantitative estimate of drug-likeness (QED) is 0.744. The lowest BCUT2D eigenvalue weighted by atomic mass is 10.1. The minimum atomic E-state index is 0.630. The zero-order valence-electron chi connectivity index (χ0n) is 9.74. The van der Waals surface area contributed by atoms with Crippen LogP contribution in [0.2, 0.25) is 0 Å². The van der Waals surface area contributed by atoms with Crippen molar-refractivity contribution in [2.75, 3.05) is 6.54 Å². The van der Waals surface area contributed by atoms with Crippen molar-refractivity contribution >= 4 is 0 Å². The fourth-order valence-corrected chi connectivity index (χ4v) is 1.60. The van der Waals surface area contributed by atoms with E-state index < -0.39 is 0 Å². The smallest absolute Gasteiger partial charge is 0.115 e. The van der Waals surface area contributed by atoms with Crippen LogP contribution in [0.4, 0.5) is 0 Å². The number of aryl methyl sites for hydroxylation is 1. The van der Waals surface area contributed by atoms with Crippen LogP contribution in [-0.2, 0) is 6.42 Å². The summed E-state index contributed by atoms with van der Waals surface area (Å²) in [6.45, 7) is 5.55. The summed E-state index contributed by atoms with van der Waals surface area (Å²) >= 11 is 0. The first kappa shape index (κ1) is 12.1. The normalized spacial score (nSPS) is 12.7. The van der Waals surface area contributed by atoms with E-state index in [0.29, 0.717) is 6.04 Å². The van der Waals surface area contributed by atoms with Gasteiger partial charge in [0.15, 0.2) is 0 Å². The SMILES string of the molecule is CCCNC(CC)CCc1cncnc1. The summed E-state index contributed by atoms with van der Waals surface area (Å²) in [5, 5.41) is 3.55. The van der Waals surface area contributed by atoms with Gasteiger partial charge in [0.25, 0.3) is 0 Å². The molecule has 0 saturated heterocycles. The summed E-state index contributed by atoms with van der Waals surface area (Å²) < 4.78 is 0. The van der Waals surface area contributed by atoms with Crippen molar-refractivity contribution in [1.82, 2.24) is 15.3 Å². The maximum atomic E-state index is 4.02. The molecule has 1 unspecified atom stereocenters. The van der Waals surface area contributed by atoms with E-state index in [-0.39, 0.29) is 0 Å². The minimum absolute atomic E-state index is 0.630. The number of aromatic nitrogens is 2. The second-order valence-electron chi connectivity index (χ2n) is 3.84. The Hall–Kier alpha value is -0.960. The van der Waals surface area contributed by atoms with Crippen molar-refractivity contribution in [3.8, 4) is 0 Å². The van der Waals surface area contributed by atoms with E-state index in [1.807, 2.05) is 12.4 Å². The average molecular weight is 207 g/mol. The van der Waals surface area contributed by atoms with Gasteiger partial charge in [-0.25, -0.2) is 9.97 Å². The largest absolute Gasteiger partial charge is 0.314 e. The summed E-state index contributed by atoms with van der Waals surface area (Å²) in [7, 11) is 0. The molecule has 0 aliphatic heterocycles. The maximum Gasteiger partial charge on any atom is 0.115 e. The molecule has 1 rings (SSSR count). The lowest BCUT2D eigenvalue weighted by Crippen LogP contribution is -2.29. The highest BCUT2D eigenvalue weighted by Gasteiger charge is 2.04. The third-order valence-electron chi connectivity index (χ3n) is 2.57. The topological polar surface area (TPSA) is 37.8 Å². The Labute approximate surface area is 92.3 Å². The highest BCUT2D eigenvalue weighted by molar-refractivity contribution is 5.02. The van der Waals surface area contributed by atoms with Gasteiger partial charge in [-0.15, -0.1) is 0 Å². The van der Waals surface area contributed by atoms with Gasteiger partial charge in [0.2, 0.25) is 0 Å². The molecule has 0 aliphatic carbocycles. The lowest BCUT2D eigenvalue weighted by molar-refractivity contribution is 0.468. The van der Waals surface area contributed by atoms with Gasteiger partial charge in [0.05, 0.1) is 0 Å². The highest BCUT2D eigenvalue weighted by Crippen LogP contribution is 2.05. The van der Waals surface area contributed by atoms with Crippen LogP contribution >= 0.6 is 0 Å². The molecule has 1 heterocycles. The number of nitrogens with zero attached hydrogens (tertiary/aromatic N) is 2. The minimum Gasteiger partial charge on any atom is -0.314 e. The Morgan fingerprint density at radius 2 is 2.00 bits per heavy atom. The van der Waals surface area contributed by atoms with Crippen molar-refractivity contribution in [2.45, 2.75) is 45.6 Å². The van der Waals surface area contributed by atoms with Gasteiger partial charge < -0.3 is 5.32 Å². The van der Waals surface area contributed by atoms with Crippen LogP contribution in [0.5, 0.6) is 0 Å². The van der Waals surface area contributed by atoms with Crippen LogP contribution in [-0.4, -0.2) is 22.6 Å². The summed E-state index contributed by atoms with van der Waals surface area (Å²) in [5.41, 5.74) is 1.23. The molecule has 0 saturated carbocycles. The van der Waals surface area contributed by atoms with Crippen molar-refractivity contribution in [2.24, 2.45) is 0 Å². The molecule has 15 heavy (non-hydrogen) atoms. The molecule has 1 aromatic heterocycles. The molecular weight excluding hydrogens is 186 g/mol. The van der Waals surface area contributed by atoms with Crippen molar-refractivity contribution in [3.05, 3.63) is 24.3 Å². The van der Waals surface area contributed by atoms with Crippen molar-refractivity contribution < 1.29 is 0 Å². The molecule has 0 fully saturated rings. The second kappa shape index (κ2) is 7.35. The first-order valence-corrected chi connectivity index (χ1v) is 5.84. The van der Waals surface area contributed by atoms with E-state index in [2.05, 4.69) is 29.1 Å². The highest BCUT2D eigenvalue weighted by atomic mass is 14.9. The van der Waals surface area contributed by atoms with Crippen molar-refractivity contribution in [3.63, 3.8) is 0 Å². The molecule has 0 aromatic carbocycles. The van der Waals surface area contributed by atoms with Gasteiger partial charge in [-0.3, -0.25) is 0 Å². The molecule has 3 nitrogen and oxygen atoms in total. The Bertz CT molecular complexity index is 248. The predicted octanol–water partition coefficient (Wildman–Crippen LogP) is 2.19. The van der Waals surface area contributed by atoms with Gasteiger partial charge in [-0.2, -0.15) is 0 Å². The number of hydrogen-bond acceptors (Lipinski definition) is 3. The zero-order valence-corrected chi connectivity index (χ0v) is 9.74. The average Bonchev–Trinajstić information content (AvgIpc) is 2.31. The molecule has 1 aromatic rings. The van der Waals surface area contributed by atoms with Gasteiger partial charge in [0, 0.05) is 18.4 Å². The lowest BCUT2D eigenvalue weighted by Gasteiger charge is -2.15. The monoisotopic (exact) mass is 207 g/mol. The molecule has 1 atom stereocenters. The Morgan fingerprint density at radius 3 is 2.60 bits per heavy atom. The van der Waals surface area contributed by atoms with E-state index in [1.165, 1.54) is 24.8 Å². The predicted molar refractivity (Wildman–Crippen MR) is 62.7 cm³/mol. The fraction of sp³-hybridized carbons (Fsp3) is 0.667. The summed E-state index contributed by atoms with van der Waals surface area (Å²) in [6, 6.07) is 0.630. The molecule has 0 aliphatic rings. The van der Waals surface area contributed by atoms with E-state index in [0.717, 1.165) is 13.0 Å². The van der Waals surface area contributed by atoms with Gasteiger partial charge in [-0.05, 0) is 37.8 Å². The first-order valence-electron chi connectivity index (χ1n) is 5.84. The molecule has 0 radical (unpaired) electrons. The number of nitrogens with one attached hydrogen (secondary N) is 1. The van der Waals surface area contributed by atoms with E-state index in [9.17, 15) is 0 Å². The molecular formula is C12H21N3. The van der Waals surface area contributed by atoms with Crippen LogP contribution in [0.3, 0.4) is 0 Å². The van der Waals surface area contributed by atoms with Crippen LogP contribution in [0.1, 0.15) is 38.7 Å². The van der Waals surface area contributed by atoms with Crippen molar-refractivity contribution in [1.29, 1.82) is 0 Å². The number of hydrogen-bond donors (Lipinski definition) is 1. The van der Waals surface area contributed by atoms with Crippen LogP contribution in [0.25, 0.3) is 0 Å². The molecule has 3 heteroatoms. The van der Waals surface area contributed by atoms with Crippen LogP contribution in [0.15, 0.2) is 18.7 Å². The number of rotatable bonds is 7. The Balaban J connectivity index is 2.28. The Morgan fingerprint density at radius 1 is 1.27 bits per heavy atom. The third-order valence-corrected chi connectivity index (χ3v) is 2.57. The van der Waals surface area contributed by atoms with E-state index >= 15 is 0 Å². The fourth-order valence-electron chi connectivity index (χ4n) is 1.60. The van der Waals surface area contributed by atoms with Crippen LogP contribution < -0.4 is 5.32 Å². The molecule has 0 bridgehead atoms. The van der Waals surface area contributed by atoms with Gasteiger partial charge >= 0.3 is 0 Å². The summed E-state index contributed by atoms with van der Waals surface area (Å²) in [4.78, 5) is 8.04.